The second kappa shape index (κ2) is 4.48. The molecule has 0 atom stereocenters. The molecule has 0 aliphatic heterocycles. The highest BCUT2D eigenvalue weighted by Crippen LogP contribution is 2.39. The van der Waals surface area contributed by atoms with Gasteiger partial charge in [0, 0.05) is 5.56 Å². The minimum atomic E-state index is -4.65. The van der Waals surface area contributed by atoms with Crippen molar-refractivity contribution in [3.63, 3.8) is 0 Å². The van der Waals surface area contributed by atoms with Crippen LogP contribution in [0.15, 0.2) is 18.2 Å². The topological polar surface area (TPSA) is 35.2 Å². The fraction of sp³-hybridized carbons (Fsp3) is 0.400. The van der Waals surface area contributed by atoms with Gasteiger partial charge in [-0.25, -0.2) is 0 Å². The van der Waals surface area contributed by atoms with Crippen molar-refractivity contribution >= 4 is 0 Å². The standard InChI is InChI=1S/C10H10F5NO/c1-17-8-4-6(9(11,12)5-16)2-3-7(8)10(13,14)15/h2-4H,5,16H2,1H3. The van der Waals surface area contributed by atoms with Crippen LogP contribution >= 0.6 is 0 Å². The van der Waals surface area contributed by atoms with Crippen molar-refractivity contribution in [3.05, 3.63) is 29.3 Å². The van der Waals surface area contributed by atoms with Crippen LogP contribution in [0.5, 0.6) is 5.75 Å². The third kappa shape index (κ3) is 2.85. The fourth-order valence-corrected chi connectivity index (χ4v) is 1.27. The summed E-state index contributed by atoms with van der Waals surface area (Å²) in [5.41, 5.74) is 3.13. The number of benzene rings is 1. The van der Waals surface area contributed by atoms with Gasteiger partial charge in [0.05, 0.1) is 19.2 Å². The zero-order valence-electron chi connectivity index (χ0n) is 8.81. The van der Waals surface area contributed by atoms with Crippen molar-refractivity contribution < 1.29 is 26.7 Å². The molecule has 0 saturated carbocycles. The van der Waals surface area contributed by atoms with Gasteiger partial charge in [0.15, 0.2) is 0 Å². The molecule has 0 radical (unpaired) electrons. The van der Waals surface area contributed by atoms with Crippen LogP contribution in [-0.2, 0) is 12.1 Å². The number of hydrogen-bond donors (Lipinski definition) is 1. The minimum Gasteiger partial charge on any atom is -0.496 e. The number of rotatable bonds is 3. The highest BCUT2D eigenvalue weighted by molar-refractivity contribution is 5.41. The molecule has 1 rings (SSSR count). The van der Waals surface area contributed by atoms with Crippen LogP contribution in [0.3, 0.4) is 0 Å². The van der Waals surface area contributed by atoms with Crippen LogP contribution in [0.25, 0.3) is 0 Å². The van der Waals surface area contributed by atoms with Gasteiger partial charge in [0.2, 0.25) is 0 Å². The molecule has 17 heavy (non-hydrogen) atoms. The molecule has 2 nitrogen and oxygen atoms in total. The van der Waals surface area contributed by atoms with Crippen molar-refractivity contribution in [1.29, 1.82) is 0 Å². The molecule has 1 aromatic rings. The van der Waals surface area contributed by atoms with Gasteiger partial charge in [-0.05, 0) is 12.1 Å². The molecule has 7 heteroatoms. The number of hydrogen-bond acceptors (Lipinski definition) is 2. The molecular weight excluding hydrogens is 245 g/mol. The monoisotopic (exact) mass is 255 g/mol. The first-order valence-electron chi connectivity index (χ1n) is 4.56. The lowest BCUT2D eigenvalue weighted by molar-refractivity contribution is -0.138. The van der Waals surface area contributed by atoms with E-state index in [9.17, 15) is 22.0 Å². The van der Waals surface area contributed by atoms with E-state index in [2.05, 4.69) is 4.74 Å². The minimum absolute atomic E-state index is 0.553. The molecule has 0 heterocycles. The third-order valence-electron chi connectivity index (χ3n) is 2.19. The Kier molecular flexibility index (Phi) is 3.61. The molecule has 0 aliphatic rings. The van der Waals surface area contributed by atoms with Crippen LogP contribution in [0.1, 0.15) is 11.1 Å². The summed E-state index contributed by atoms with van der Waals surface area (Å²) in [5.74, 6) is -4.03. The smallest absolute Gasteiger partial charge is 0.419 e. The molecule has 96 valence electrons. The Morgan fingerprint density at radius 2 is 1.76 bits per heavy atom. The van der Waals surface area contributed by atoms with Crippen molar-refractivity contribution in [2.24, 2.45) is 5.73 Å². The van der Waals surface area contributed by atoms with Gasteiger partial charge >= 0.3 is 6.18 Å². The Morgan fingerprint density at radius 3 is 2.18 bits per heavy atom. The number of methoxy groups -OCH3 is 1. The fourth-order valence-electron chi connectivity index (χ4n) is 1.27. The molecule has 0 spiro atoms. The van der Waals surface area contributed by atoms with Crippen molar-refractivity contribution in [1.82, 2.24) is 0 Å². The Balaban J connectivity index is 3.27. The molecule has 0 aromatic heterocycles. The van der Waals surface area contributed by atoms with Crippen LogP contribution in [0.2, 0.25) is 0 Å². The normalized spacial score (nSPS) is 12.6. The van der Waals surface area contributed by atoms with E-state index >= 15 is 0 Å². The van der Waals surface area contributed by atoms with Crippen LogP contribution < -0.4 is 10.5 Å². The largest absolute Gasteiger partial charge is 0.496 e. The zero-order valence-corrected chi connectivity index (χ0v) is 8.81. The predicted octanol–water partition coefficient (Wildman–Crippen LogP) is 2.76. The highest BCUT2D eigenvalue weighted by Gasteiger charge is 2.37. The quantitative estimate of drug-likeness (QED) is 0.843. The number of nitrogens with two attached hydrogens (primary N) is 1. The number of ether oxygens (including phenoxy) is 1. The van der Waals surface area contributed by atoms with Crippen LogP contribution in [-0.4, -0.2) is 13.7 Å². The van der Waals surface area contributed by atoms with Gasteiger partial charge in [0.25, 0.3) is 5.92 Å². The van der Waals surface area contributed by atoms with E-state index < -0.39 is 35.5 Å². The summed E-state index contributed by atoms with van der Waals surface area (Å²) in [6.45, 7) is -0.985. The Morgan fingerprint density at radius 1 is 1.18 bits per heavy atom. The molecule has 1 aromatic carbocycles. The van der Waals surface area contributed by atoms with Crippen molar-refractivity contribution in [2.75, 3.05) is 13.7 Å². The van der Waals surface area contributed by atoms with Gasteiger partial charge < -0.3 is 10.5 Å². The van der Waals surface area contributed by atoms with Gasteiger partial charge in [-0.1, -0.05) is 6.07 Å². The molecule has 0 bridgehead atoms. The van der Waals surface area contributed by atoms with E-state index in [1.54, 1.807) is 0 Å². The van der Waals surface area contributed by atoms with E-state index in [1.807, 2.05) is 0 Å². The summed E-state index contributed by atoms with van der Waals surface area (Å²) in [4.78, 5) is 0. The first kappa shape index (κ1) is 13.7. The molecule has 0 unspecified atom stereocenters. The van der Waals surface area contributed by atoms with E-state index in [4.69, 9.17) is 5.73 Å². The lowest BCUT2D eigenvalue weighted by Crippen LogP contribution is -2.25. The van der Waals surface area contributed by atoms with Gasteiger partial charge in [-0.15, -0.1) is 0 Å². The average Bonchev–Trinajstić information content (AvgIpc) is 2.27. The lowest BCUT2D eigenvalue weighted by Gasteiger charge is -2.17. The number of halogens is 5. The highest BCUT2D eigenvalue weighted by atomic mass is 19.4. The zero-order chi connectivity index (χ0) is 13.3. The molecular formula is C10H10F5NO. The lowest BCUT2D eigenvalue weighted by atomic mass is 10.0. The summed E-state index contributed by atoms with van der Waals surface area (Å²) in [6, 6.07) is 1.89. The Hall–Kier alpha value is -1.37. The molecule has 0 fully saturated rings. The summed E-state index contributed by atoms with van der Waals surface area (Å²) in [6.07, 6.45) is -4.65. The summed E-state index contributed by atoms with van der Waals surface area (Å²) in [7, 11) is 0.981. The first-order valence-corrected chi connectivity index (χ1v) is 4.56. The summed E-state index contributed by atoms with van der Waals surface area (Å²) < 4.78 is 68.2. The van der Waals surface area contributed by atoms with E-state index in [0.717, 1.165) is 7.11 Å². The maximum atomic E-state index is 13.2. The third-order valence-corrected chi connectivity index (χ3v) is 2.19. The van der Waals surface area contributed by atoms with E-state index in [-0.39, 0.29) is 0 Å². The Labute approximate surface area is 94.2 Å². The van der Waals surface area contributed by atoms with Crippen molar-refractivity contribution in [2.45, 2.75) is 12.1 Å². The van der Waals surface area contributed by atoms with Crippen LogP contribution in [0.4, 0.5) is 22.0 Å². The van der Waals surface area contributed by atoms with Gasteiger partial charge in [-0.2, -0.15) is 22.0 Å². The van der Waals surface area contributed by atoms with E-state index in [0.29, 0.717) is 18.2 Å². The predicted molar refractivity (Wildman–Crippen MR) is 50.9 cm³/mol. The first-order chi connectivity index (χ1) is 7.72. The average molecular weight is 255 g/mol. The van der Waals surface area contributed by atoms with Crippen LogP contribution in [0, 0.1) is 0 Å². The molecule has 0 aliphatic carbocycles. The molecule has 2 N–H and O–H groups in total. The second-order valence-electron chi connectivity index (χ2n) is 3.32. The van der Waals surface area contributed by atoms with Gasteiger partial charge in [-0.3, -0.25) is 0 Å². The second-order valence-corrected chi connectivity index (χ2v) is 3.32. The summed E-state index contributed by atoms with van der Waals surface area (Å²) in [5, 5.41) is 0. The molecule has 0 amide bonds. The number of alkyl halides is 5. The Bertz CT molecular complexity index is 402. The SMILES string of the molecule is COc1cc(C(F)(F)CN)ccc1C(F)(F)F. The summed E-state index contributed by atoms with van der Waals surface area (Å²) >= 11 is 0. The van der Waals surface area contributed by atoms with Gasteiger partial charge in [0.1, 0.15) is 5.75 Å². The van der Waals surface area contributed by atoms with E-state index in [1.165, 1.54) is 0 Å². The maximum Gasteiger partial charge on any atom is 0.419 e. The van der Waals surface area contributed by atoms with Crippen molar-refractivity contribution in [3.8, 4) is 5.75 Å². The molecule has 0 saturated heterocycles. The maximum absolute atomic E-state index is 13.2.